The van der Waals surface area contributed by atoms with Gasteiger partial charge in [-0.3, -0.25) is 15.6 Å². The zero-order valence-corrected chi connectivity index (χ0v) is 13.0. The highest BCUT2D eigenvalue weighted by atomic mass is 19.4. The van der Waals surface area contributed by atoms with Gasteiger partial charge in [-0.2, -0.15) is 13.2 Å². The van der Waals surface area contributed by atoms with Crippen molar-refractivity contribution in [2.45, 2.75) is 38.4 Å². The van der Waals surface area contributed by atoms with Crippen molar-refractivity contribution >= 4 is 5.91 Å². The van der Waals surface area contributed by atoms with Crippen molar-refractivity contribution in [3.63, 3.8) is 0 Å². The molecule has 1 atom stereocenters. The summed E-state index contributed by atoms with van der Waals surface area (Å²) in [6.07, 6.45) is -2.44. The van der Waals surface area contributed by atoms with Crippen molar-refractivity contribution in [3.05, 3.63) is 35.4 Å². The number of alkyl halides is 3. The molecule has 0 aromatic heterocycles. The predicted molar refractivity (Wildman–Crippen MR) is 81.3 cm³/mol. The van der Waals surface area contributed by atoms with Crippen LogP contribution < -0.4 is 16.2 Å². The second-order valence-corrected chi connectivity index (χ2v) is 5.89. The Balaban J connectivity index is 1.86. The summed E-state index contributed by atoms with van der Waals surface area (Å²) in [6.45, 7) is 3.35. The molecule has 1 aliphatic rings. The molecule has 0 aliphatic carbocycles. The quantitative estimate of drug-likeness (QED) is 0.752. The van der Waals surface area contributed by atoms with Crippen LogP contribution in [0.2, 0.25) is 0 Å². The molecule has 7 heteroatoms. The van der Waals surface area contributed by atoms with E-state index in [1.54, 1.807) is 13.0 Å². The topological polar surface area (TPSA) is 53.2 Å². The first-order valence-electron chi connectivity index (χ1n) is 7.79. The highest BCUT2D eigenvalue weighted by Gasteiger charge is 2.34. The fraction of sp³-hybridized carbons (Fsp3) is 0.562. The Hall–Kier alpha value is -1.60. The molecule has 0 bridgehead atoms. The van der Waals surface area contributed by atoms with Gasteiger partial charge in [-0.05, 0) is 37.3 Å². The van der Waals surface area contributed by atoms with Gasteiger partial charge in [0.25, 0.3) is 0 Å². The summed E-state index contributed by atoms with van der Waals surface area (Å²) in [4.78, 5) is 11.9. The van der Waals surface area contributed by atoms with Crippen LogP contribution in [0.25, 0.3) is 0 Å². The predicted octanol–water partition coefficient (Wildman–Crippen LogP) is 2.78. The van der Waals surface area contributed by atoms with Gasteiger partial charge in [-0.1, -0.05) is 18.2 Å². The van der Waals surface area contributed by atoms with Crippen molar-refractivity contribution in [2.75, 3.05) is 13.1 Å². The minimum atomic E-state index is -4.42. The van der Waals surface area contributed by atoms with Gasteiger partial charge in [-0.15, -0.1) is 0 Å². The Kier molecular flexibility index (Phi) is 6.01. The first-order valence-corrected chi connectivity index (χ1v) is 7.79. The van der Waals surface area contributed by atoms with Crippen molar-refractivity contribution in [3.8, 4) is 0 Å². The van der Waals surface area contributed by atoms with Crippen molar-refractivity contribution in [1.82, 2.24) is 16.2 Å². The second-order valence-electron chi connectivity index (χ2n) is 5.89. The number of hydrogen-bond acceptors (Lipinski definition) is 3. The Morgan fingerprint density at radius 1 is 1.30 bits per heavy atom. The van der Waals surface area contributed by atoms with Crippen LogP contribution in [0.4, 0.5) is 13.2 Å². The molecule has 1 unspecified atom stereocenters. The molecule has 2 rings (SSSR count). The van der Waals surface area contributed by atoms with Gasteiger partial charge in [0.15, 0.2) is 0 Å². The lowest BCUT2D eigenvalue weighted by Crippen LogP contribution is -2.28. The molecule has 23 heavy (non-hydrogen) atoms. The smallest absolute Gasteiger partial charge is 0.350 e. The monoisotopic (exact) mass is 329 g/mol. The van der Waals surface area contributed by atoms with Gasteiger partial charge >= 0.3 is 6.18 Å². The number of amides is 1. The first-order chi connectivity index (χ1) is 10.9. The van der Waals surface area contributed by atoms with Crippen molar-refractivity contribution in [2.24, 2.45) is 5.92 Å². The van der Waals surface area contributed by atoms with E-state index in [0.717, 1.165) is 32.0 Å². The third-order valence-electron chi connectivity index (χ3n) is 4.03. The standard InChI is InChI=1S/C16H22F3N3O/c1-11(13-6-2-3-7-14(13)16(17,18)19)22-15(23)8-4-5-12-9-20-21-10-12/h2-3,6-7,11-12,20-21H,4-5,8-10H2,1H3,(H,22,23). The minimum Gasteiger partial charge on any atom is -0.350 e. The maximum absolute atomic E-state index is 13.0. The van der Waals surface area contributed by atoms with Crippen LogP contribution in [-0.2, 0) is 11.0 Å². The van der Waals surface area contributed by atoms with E-state index in [9.17, 15) is 18.0 Å². The third kappa shape index (κ3) is 5.21. The summed E-state index contributed by atoms with van der Waals surface area (Å²) in [6, 6.07) is 4.68. The van der Waals surface area contributed by atoms with E-state index in [2.05, 4.69) is 16.2 Å². The number of hydrogen-bond donors (Lipinski definition) is 3. The molecule has 1 aromatic carbocycles. The molecule has 4 nitrogen and oxygen atoms in total. The molecule has 0 saturated carbocycles. The van der Waals surface area contributed by atoms with Crippen LogP contribution in [0, 0.1) is 5.92 Å². The van der Waals surface area contributed by atoms with E-state index in [-0.39, 0.29) is 11.5 Å². The summed E-state index contributed by atoms with van der Waals surface area (Å²) in [5.74, 6) is 0.291. The molecule has 0 spiro atoms. The van der Waals surface area contributed by atoms with Crippen LogP contribution in [0.3, 0.4) is 0 Å². The fourth-order valence-corrected chi connectivity index (χ4v) is 2.78. The van der Waals surface area contributed by atoms with Gasteiger partial charge in [0.2, 0.25) is 5.91 Å². The lowest BCUT2D eigenvalue weighted by molar-refractivity contribution is -0.138. The molecule has 0 radical (unpaired) electrons. The largest absolute Gasteiger partial charge is 0.416 e. The number of carbonyl (C=O) groups is 1. The summed E-state index contributed by atoms with van der Waals surface area (Å²) < 4.78 is 39.0. The SMILES string of the molecule is CC(NC(=O)CCCC1CNNC1)c1ccccc1C(F)(F)F. The summed E-state index contributed by atoms with van der Waals surface area (Å²) in [7, 11) is 0. The average molecular weight is 329 g/mol. The first kappa shape index (κ1) is 17.7. The van der Waals surface area contributed by atoms with Crippen LogP contribution >= 0.6 is 0 Å². The fourth-order valence-electron chi connectivity index (χ4n) is 2.78. The molecule has 3 N–H and O–H groups in total. The van der Waals surface area contributed by atoms with Gasteiger partial charge in [0.1, 0.15) is 0 Å². The Bertz CT molecular complexity index is 528. The normalized spacial score (nSPS) is 17.2. The Morgan fingerprint density at radius 3 is 2.61 bits per heavy atom. The van der Waals surface area contributed by atoms with Gasteiger partial charge < -0.3 is 5.32 Å². The minimum absolute atomic E-state index is 0.0949. The van der Waals surface area contributed by atoms with E-state index in [1.165, 1.54) is 12.1 Å². The van der Waals surface area contributed by atoms with Gasteiger partial charge in [-0.25, -0.2) is 0 Å². The summed E-state index contributed by atoms with van der Waals surface area (Å²) in [5, 5.41) is 2.66. The molecular formula is C16H22F3N3O. The van der Waals surface area contributed by atoms with E-state index < -0.39 is 17.8 Å². The molecule has 1 heterocycles. The number of hydrazine groups is 1. The highest BCUT2D eigenvalue weighted by Crippen LogP contribution is 2.34. The van der Waals surface area contributed by atoms with Crippen LogP contribution in [0.15, 0.2) is 24.3 Å². The molecule has 1 saturated heterocycles. The Labute approximate surface area is 133 Å². The summed E-state index contributed by atoms with van der Waals surface area (Å²) >= 11 is 0. The van der Waals surface area contributed by atoms with Crippen LogP contribution in [0.1, 0.15) is 43.4 Å². The van der Waals surface area contributed by atoms with E-state index in [4.69, 9.17) is 0 Å². The molecule has 1 aliphatic heterocycles. The van der Waals surface area contributed by atoms with Crippen LogP contribution in [-0.4, -0.2) is 19.0 Å². The van der Waals surface area contributed by atoms with Crippen LogP contribution in [0.5, 0.6) is 0 Å². The molecule has 128 valence electrons. The maximum atomic E-state index is 13.0. The summed E-state index contributed by atoms with van der Waals surface area (Å²) in [5.41, 5.74) is 5.45. The molecule has 1 aromatic rings. The molecular weight excluding hydrogens is 307 g/mol. The third-order valence-corrected chi connectivity index (χ3v) is 4.03. The number of nitrogens with one attached hydrogen (secondary N) is 3. The highest BCUT2D eigenvalue weighted by molar-refractivity contribution is 5.76. The Morgan fingerprint density at radius 2 is 1.96 bits per heavy atom. The van der Waals surface area contributed by atoms with Gasteiger partial charge in [0, 0.05) is 19.5 Å². The zero-order chi connectivity index (χ0) is 16.9. The van der Waals surface area contributed by atoms with Gasteiger partial charge in [0.05, 0.1) is 11.6 Å². The van der Waals surface area contributed by atoms with Crippen molar-refractivity contribution < 1.29 is 18.0 Å². The second kappa shape index (κ2) is 7.79. The molecule has 1 fully saturated rings. The molecule has 1 amide bonds. The number of benzene rings is 1. The van der Waals surface area contributed by atoms with E-state index in [1.807, 2.05) is 0 Å². The number of carbonyl (C=O) groups excluding carboxylic acids is 1. The number of halogens is 3. The maximum Gasteiger partial charge on any atom is 0.416 e. The van der Waals surface area contributed by atoms with E-state index in [0.29, 0.717) is 12.3 Å². The van der Waals surface area contributed by atoms with E-state index >= 15 is 0 Å². The number of rotatable bonds is 6. The lowest BCUT2D eigenvalue weighted by atomic mass is 10.00. The van der Waals surface area contributed by atoms with Crippen molar-refractivity contribution in [1.29, 1.82) is 0 Å². The zero-order valence-electron chi connectivity index (χ0n) is 13.0. The average Bonchev–Trinajstić information content (AvgIpc) is 2.99. The lowest BCUT2D eigenvalue weighted by Gasteiger charge is -2.19.